The molecule has 2 heterocycles. The van der Waals surface area contributed by atoms with Gasteiger partial charge < -0.3 is 4.90 Å². The van der Waals surface area contributed by atoms with E-state index in [-0.39, 0.29) is 0 Å². The number of nitrogens with zero attached hydrogens (tertiary/aromatic N) is 5. The second kappa shape index (κ2) is 6.22. The summed E-state index contributed by atoms with van der Waals surface area (Å²) in [4.78, 5) is 10.9. The van der Waals surface area contributed by atoms with E-state index in [2.05, 4.69) is 60.2 Å². The van der Waals surface area contributed by atoms with Crippen molar-refractivity contribution in [2.45, 2.75) is 13.5 Å². The molecule has 0 amide bonds. The van der Waals surface area contributed by atoms with Crippen molar-refractivity contribution in [1.82, 2.24) is 19.6 Å². The van der Waals surface area contributed by atoms with E-state index in [4.69, 9.17) is 0 Å². The Balaban J connectivity index is 2.00. The Morgan fingerprint density at radius 2 is 2.05 bits per heavy atom. The highest BCUT2D eigenvalue weighted by molar-refractivity contribution is 9.09. The lowest BCUT2D eigenvalue weighted by atomic mass is 10.2. The first-order valence-electron chi connectivity index (χ1n) is 6.80. The molecule has 0 aliphatic heterocycles. The summed E-state index contributed by atoms with van der Waals surface area (Å²) in [6.45, 7) is 3.69. The van der Waals surface area contributed by atoms with E-state index >= 15 is 0 Å². The van der Waals surface area contributed by atoms with Gasteiger partial charge >= 0.3 is 0 Å². The molecular weight excluding hydrogens is 330 g/mol. The van der Waals surface area contributed by atoms with Gasteiger partial charge in [-0.15, -0.1) is 0 Å². The number of benzene rings is 1. The SMILES string of the molecule is Cc1cc(N(CCBr)Cc2ccccc2)n2ncnc2n1. The van der Waals surface area contributed by atoms with Gasteiger partial charge in [-0.1, -0.05) is 46.3 Å². The summed E-state index contributed by atoms with van der Waals surface area (Å²) in [6.07, 6.45) is 1.54. The van der Waals surface area contributed by atoms with Crippen LogP contribution >= 0.6 is 15.9 Å². The van der Waals surface area contributed by atoms with E-state index in [9.17, 15) is 0 Å². The molecule has 0 spiro atoms. The minimum absolute atomic E-state index is 0.637. The first-order valence-corrected chi connectivity index (χ1v) is 7.92. The van der Waals surface area contributed by atoms with Crippen molar-refractivity contribution in [2.24, 2.45) is 0 Å². The lowest BCUT2D eigenvalue weighted by Gasteiger charge is -2.24. The Bertz CT molecular complexity index is 725. The summed E-state index contributed by atoms with van der Waals surface area (Å²) in [5.41, 5.74) is 2.21. The average molecular weight is 346 g/mol. The van der Waals surface area contributed by atoms with Crippen LogP contribution in [0.3, 0.4) is 0 Å². The number of anilines is 1. The number of fused-ring (bicyclic) bond motifs is 1. The molecule has 21 heavy (non-hydrogen) atoms. The Labute approximate surface area is 131 Å². The summed E-state index contributed by atoms with van der Waals surface area (Å²) in [6, 6.07) is 12.5. The zero-order valence-corrected chi connectivity index (χ0v) is 13.4. The van der Waals surface area contributed by atoms with Gasteiger partial charge in [-0.25, -0.2) is 4.98 Å². The molecule has 2 aromatic heterocycles. The van der Waals surface area contributed by atoms with Gasteiger partial charge in [-0.05, 0) is 12.5 Å². The van der Waals surface area contributed by atoms with Crippen molar-refractivity contribution in [3.05, 3.63) is 54.0 Å². The maximum atomic E-state index is 4.40. The first-order chi connectivity index (χ1) is 10.3. The third-order valence-electron chi connectivity index (χ3n) is 3.26. The van der Waals surface area contributed by atoms with Crippen molar-refractivity contribution >= 4 is 27.5 Å². The van der Waals surface area contributed by atoms with Crippen LogP contribution < -0.4 is 4.90 Å². The molecule has 0 atom stereocenters. The Morgan fingerprint density at radius 1 is 1.24 bits per heavy atom. The third-order valence-corrected chi connectivity index (χ3v) is 3.61. The highest BCUT2D eigenvalue weighted by atomic mass is 79.9. The first kappa shape index (κ1) is 14.0. The van der Waals surface area contributed by atoms with Gasteiger partial charge in [0.25, 0.3) is 5.78 Å². The monoisotopic (exact) mass is 345 g/mol. The van der Waals surface area contributed by atoms with Gasteiger partial charge in [-0.2, -0.15) is 14.6 Å². The maximum absolute atomic E-state index is 4.40. The Hall–Kier alpha value is -1.95. The number of rotatable bonds is 5. The number of hydrogen-bond donors (Lipinski definition) is 0. The van der Waals surface area contributed by atoms with E-state index < -0.39 is 0 Å². The molecule has 0 aliphatic carbocycles. The number of hydrogen-bond acceptors (Lipinski definition) is 4. The van der Waals surface area contributed by atoms with E-state index in [0.717, 1.165) is 29.9 Å². The molecule has 108 valence electrons. The maximum Gasteiger partial charge on any atom is 0.254 e. The minimum Gasteiger partial charge on any atom is -0.351 e. The zero-order chi connectivity index (χ0) is 14.7. The van der Waals surface area contributed by atoms with Crippen LogP contribution in [0.5, 0.6) is 0 Å². The average Bonchev–Trinajstić information content (AvgIpc) is 2.95. The summed E-state index contributed by atoms with van der Waals surface area (Å²) < 4.78 is 1.79. The van der Waals surface area contributed by atoms with Gasteiger partial charge in [0.2, 0.25) is 0 Å². The van der Waals surface area contributed by atoms with Crippen molar-refractivity contribution in [3.8, 4) is 0 Å². The summed E-state index contributed by atoms with van der Waals surface area (Å²) in [5, 5.41) is 5.18. The highest BCUT2D eigenvalue weighted by Gasteiger charge is 2.13. The number of aryl methyl sites for hydroxylation is 1. The van der Waals surface area contributed by atoms with Crippen molar-refractivity contribution < 1.29 is 0 Å². The van der Waals surface area contributed by atoms with E-state index in [0.29, 0.717) is 5.78 Å². The Morgan fingerprint density at radius 3 is 2.81 bits per heavy atom. The van der Waals surface area contributed by atoms with Crippen LogP contribution in [0.25, 0.3) is 5.78 Å². The lowest BCUT2D eigenvalue weighted by molar-refractivity contribution is 0.778. The van der Waals surface area contributed by atoms with Crippen LogP contribution in [0.4, 0.5) is 5.82 Å². The fourth-order valence-corrected chi connectivity index (χ4v) is 2.75. The molecule has 0 saturated carbocycles. The number of halogens is 1. The molecular formula is C15H16BrN5. The van der Waals surface area contributed by atoms with Crippen LogP contribution in [-0.4, -0.2) is 31.5 Å². The summed E-state index contributed by atoms with van der Waals surface area (Å²) in [7, 11) is 0. The zero-order valence-electron chi connectivity index (χ0n) is 11.8. The van der Waals surface area contributed by atoms with E-state index in [1.807, 2.05) is 19.1 Å². The van der Waals surface area contributed by atoms with Crippen molar-refractivity contribution in [2.75, 3.05) is 16.8 Å². The molecule has 5 nitrogen and oxygen atoms in total. The molecule has 3 rings (SSSR count). The molecule has 0 fully saturated rings. The van der Waals surface area contributed by atoms with Crippen LogP contribution in [-0.2, 0) is 6.54 Å². The van der Waals surface area contributed by atoms with Crippen LogP contribution in [0.15, 0.2) is 42.7 Å². The second-order valence-electron chi connectivity index (χ2n) is 4.82. The van der Waals surface area contributed by atoms with Crippen molar-refractivity contribution in [1.29, 1.82) is 0 Å². The fourth-order valence-electron chi connectivity index (χ4n) is 2.32. The van der Waals surface area contributed by atoms with Crippen LogP contribution in [0.2, 0.25) is 0 Å². The van der Waals surface area contributed by atoms with E-state index in [1.54, 1.807) is 10.8 Å². The molecule has 0 saturated heterocycles. The summed E-state index contributed by atoms with van der Waals surface area (Å²) >= 11 is 3.53. The number of alkyl halides is 1. The van der Waals surface area contributed by atoms with Crippen molar-refractivity contribution in [3.63, 3.8) is 0 Å². The highest BCUT2D eigenvalue weighted by Crippen LogP contribution is 2.18. The molecule has 0 N–H and O–H groups in total. The third kappa shape index (κ3) is 3.05. The largest absolute Gasteiger partial charge is 0.351 e. The number of aromatic nitrogens is 4. The van der Waals surface area contributed by atoms with Crippen LogP contribution in [0.1, 0.15) is 11.3 Å². The topological polar surface area (TPSA) is 46.3 Å². The molecule has 0 bridgehead atoms. The predicted molar refractivity (Wildman–Crippen MR) is 86.8 cm³/mol. The standard InChI is InChI=1S/C15H16BrN5/c1-12-9-14(21-15(19-12)17-11-18-21)20(8-7-16)10-13-5-3-2-4-6-13/h2-6,9,11H,7-8,10H2,1H3. The molecule has 0 unspecified atom stereocenters. The fraction of sp³-hybridized carbons (Fsp3) is 0.267. The van der Waals surface area contributed by atoms with Crippen LogP contribution in [0, 0.1) is 6.92 Å². The summed E-state index contributed by atoms with van der Waals surface area (Å²) in [5.74, 6) is 1.65. The molecule has 1 aromatic carbocycles. The van der Waals surface area contributed by atoms with Gasteiger partial charge in [0.15, 0.2) is 0 Å². The lowest BCUT2D eigenvalue weighted by Crippen LogP contribution is -2.27. The van der Waals surface area contributed by atoms with Gasteiger partial charge in [0, 0.05) is 30.2 Å². The van der Waals surface area contributed by atoms with Gasteiger partial charge in [0.1, 0.15) is 12.1 Å². The predicted octanol–water partition coefficient (Wildman–Crippen LogP) is 2.83. The molecule has 6 heteroatoms. The minimum atomic E-state index is 0.637. The van der Waals surface area contributed by atoms with E-state index in [1.165, 1.54) is 5.56 Å². The van der Waals surface area contributed by atoms with Gasteiger partial charge in [0.05, 0.1) is 0 Å². The normalized spacial score (nSPS) is 11.0. The van der Waals surface area contributed by atoms with Gasteiger partial charge in [-0.3, -0.25) is 0 Å². The molecule has 0 radical (unpaired) electrons. The quantitative estimate of drug-likeness (QED) is 0.667. The molecule has 3 aromatic rings. The molecule has 0 aliphatic rings. The second-order valence-corrected chi connectivity index (χ2v) is 5.62. The smallest absolute Gasteiger partial charge is 0.254 e. The Kier molecular flexibility index (Phi) is 4.15.